The van der Waals surface area contributed by atoms with E-state index in [9.17, 15) is 14.4 Å². The highest BCUT2D eigenvalue weighted by molar-refractivity contribution is 5.96. The molecule has 0 radical (unpaired) electrons. The van der Waals surface area contributed by atoms with Gasteiger partial charge in [-0.15, -0.1) is 0 Å². The van der Waals surface area contributed by atoms with E-state index in [0.29, 0.717) is 17.8 Å². The van der Waals surface area contributed by atoms with Gasteiger partial charge in [0, 0.05) is 18.7 Å². The second kappa shape index (κ2) is 6.29. The molecule has 0 bridgehead atoms. The molecule has 120 valence electrons. The summed E-state index contributed by atoms with van der Waals surface area (Å²) in [6.07, 6.45) is 1.82. The van der Waals surface area contributed by atoms with Crippen LogP contribution < -0.4 is 5.32 Å². The van der Waals surface area contributed by atoms with Crippen LogP contribution in [0.2, 0.25) is 0 Å². The Labute approximate surface area is 128 Å². The molecule has 0 aromatic carbocycles. The molecule has 1 fully saturated rings. The van der Waals surface area contributed by atoms with Gasteiger partial charge in [0.25, 0.3) is 0 Å². The minimum absolute atomic E-state index is 0.0506. The van der Waals surface area contributed by atoms with Crippen molar-refractivity contribution in [3.05, 3.63) is 17.0 Å². The van der Waals surface area contributed by atoms with Crippen molar-refractivity contribution in [1.29, 1.82) is 0 Å². The summed E-state index contributed by atoms with van der Waals surface area (Å²) < 4.78 is 1.62. The van der Waals surface area contributed by atoms with E-state index in [1.807, 2.05) is 0 Å². The van der Waals surface area contributed by atoms with Crippen molar-refractivity contribution in [3.8, 4) is 0 Å². The molecule has 0 saturated heterocycles. The maximum absolute atomic E-state index is 11.9. The molecule has 1 heterocycles. The number of aryl methyl sites for hydroxylation is 2. The summed E-state index contributed by atoms with van der Waals surface area (Å²) in [6.45, 7) is 5.36. The smallest absolute Gasteiger partial charge is 0.326 e. The summed E-state index contributed by atoms with van der Waals surface area (Å²) in [5.41, 5.74) is 1.96. The van der Waals surface area contributed by atoms with Crippen molar-refractivity contribution >= 4 is 17.7 Å². The van der Waals surface area contributed by atoms with Crippen molar-refractivity contribution in [3.63, 3.8) is 0 Å². The molecule has 1 saturated carbocycles. The van der Waals surface area contributed by atoms with Gasteiger partial charge in [-0.25, -0.2) is 4.79 Å². The predicted octanol–water partition coefficient (Wildman–Crippen LogP) is 1.07. The predicted molar refractivity (Wildman–Crippen MR) is 78.6 cm³/mol. The van der Waals surface area contributed by atoms with E-state index < -0.39 is 12.0 Å². The topological polar surface area (TPSA) is 101 Å². The van der Waals surface area contributed by atoms with Gasteiger partial charge in [-0.2, -0.15) is 5.10 Å². The molecule has 0 aliphatic heterocycles. The minimum Gasteiger partial charge on any atom is -0.480 e. The Morgan fingerprint density at radius 3 is 2.45 bits per heavy atom. The van der Waals surface area contributed by atoms with E-state index in [0.717, 1.165) is 18.5 Å². The maximum Gasteiger partial charge on any atom is 0.326 e. The van der Waals surface area contributed by atoms with E-state index in [1.54, 1.807) is 18.5 Å². The fourth-order valence-corrected chi connectivity index (χ4v) is 2.69. The SMILES string of the molecule is CC(=O)c1c(C)nn(CCC(=O)N[C@H](C(=O)O)C2CC2)c1C. The maximum atomic E-state index is 11.9. The van der Waals surface area contributed by atoms with Gasteiger partial charge < -0.3 is 10.4 Å². The molecule has 2 N–H and O–H groups in total. The molecule has 1 aromatic heterocycles. The van der Waals surface area contributed by atoms with Gasteiger partial charge in [0.05, 0.1) is 11.3 Å². The molecule has 1 aromatic rings. The standard InChI is InChI=1S/C15H21N3O4/c1-8-13(10(3)19)9(2)18(17-8)7-6-12(20)16-14(15(21)22)11-4-5-11/h11,14H,4-7H2,1-3H3,(H,16,20)(H,21,22)/t14-/m0/s1. The average molecular weight is 307 g/mol. The molecule has 0 spiro atoms. The summed E-state index contributed by atoms with van der Waals surface area (Å²) in [6, 6.07) is -0.791. The number of carbonyl (C=O) groups excluding carboxylic acids is 2. The fraction of sp³-hybridized carbons (Fsp3) is 0.600. The number of ketones is 1. The number of rotatable bonds is 7. The fourth-order valence-electron chi connectivity index (χ4n) is 2.69. The molecular formula is C15H21N3O4. The first-order valence-corrected chi connectivity index (χ1v) is 7.38. The van der Waals surface area contributed by atoms with Gasteiger partial charge in [-0.3, -0.25) is 14.3 Å². The third kappa shape index (κ3) is 3.52. The van der Waals surface area contributed by atoms with Gasteiger partial charge in [-0.05, 0) is 39.5 Å². The monoisotopic (exact) mass is 307 g/mol. The number of aliphatic carboxylic acids is 1. The number of aromatic nitrogens is 2. The Kier molecular flexibility index (Phi) is 4.63. The van der Waals surface area contributed by atoms with E-state index >= 15 is 0 Å². The summed E-state index contributed by atoms with van der Waals surface area (Å²) >= 11 is 0. The molecule has 1 aliphatic carbocycles. The zero-order chi connectivity index (χ0) is 16.4. The highest BCUT2D eigenvalue weighted by atomic mass is 16.4. The lowest BCUT2D eigenvalue weighted by molar-refractivity contribution is -0.142. The van der Waals surface area contributed by atoms with Crippen LogP contribution in [0, 0.1) is 19.8 Å². The molecule has 0 unspecified atom stereocenters. The van der Waals surface area contributed by atoms with Gasteiger partial charge >= 0.3 is 5.97 Å². The quantitative estimate of drug-likeness (QED) is 0.734. The minimum atomic E-state index is -0.985. The van der Waals surface area contributed by atoms with Crippen molar-refractivity contribution in [2.45, 2.75) is 52.6 Å². The Balaban J connectivity index is 1.95. The van der Waals surface area contributed by atoms with E-state index in [-0.39, 0.29) is 24.0 Å². The number of carboxylic acids is 1. The first kappa shape index (κ1) is 16.2. The average Bonchev–Trinajstić information content (AvgIpc) is 3.19. The number of carboxylic acid groups (broad SMARTS) is 1. The van der Waals surface area contributed by atoms with E-state index in [1.165, 1.54) is 6.92 Å². The van der Waals surface area contributed by atoms with Gasteiger partial charge in [0.2, 0.25) is 5.91 Å². The third-order valence-corrected chi connectivity index (χ3v) is 3.96. The van der Waals surface area contributed by atoms with Crippen molar-refractivity contribution in [1.82, 2.24) is 15.1 Å². The first-order chi connectivity index (χ1) is 10.3. The van der Waals surface area contributed by atoms with Crippen LogP contribution >= 0.6 is 0 Å². The molecule has 7 nitrogen and oxygen atoms in total. The third-order valence-electron chi connectivity index (χ3n) is 3.96. The van der Waals surface area contributed by atoms with Crippen LogP contribution in [0.1, 0.15) is 47.9 Å². The Morgan fingerprint density at radius 1 is 1.36 bits per heavy atom. The zero-order valence-corrected chi connectivity index (χ0v) is 13.0. The van der Waals surface area contributed by atoms with Crippen molar-refractivity contribution in [2.24, 2.45) is 5.92 Å². The Hall–Kier alpha value is -2.18. The molecule has 1 aliphatic rings. The normalized spacial score (nSPS) is 15.4. The van der Waals surface area contributed by atoms with Crippen LogP contribution in [0.5, 0.6) is 0 Å². The summed E-state index contributed by atoms with van der Waals surface area (Å²) in [4.78, 5) is 34.6. The second-order valence-electron chi connectivity index (χ2n) is 5.80. The lowest BCUT2D eigenvalue weighted by atomic mass is 10.1. The largest absolute Gasteiger partial charge is 0.480 e. The highest BCUT2D eigenvalue weighted by Gasteiger charge is 2.37. The van der Waals surface area contributed by atoms with Crippen LogP contribution in [0.4, 0.5) is 0 Å². The van der Waals surface area contributed by atoms with Gasteiger partial charge in [0.1, 0.15) is 6.04 Å². The number of nitrogens with zero attached hydrogens (tertiary/aromatic N) is 2. The number of hydrogen-bond acceptors (Lipinski definition) is 4. The van der Waals surface area contributed by atoms with Crippen LogP contribution in [0.25, 0.3) is 0 Å². The van der Waals surface area contributed by atoms with Crippen molar-refractivity contribution in [2.75, 3.05) is 0 Å². The summed E-state index contributed by atoms with van der Waals surface area (Å²) in [7, 11) is 0. The van der Waals surface area contributed by atoms with Crippen LogP contribution in [0.3, 0.4) is 0 Å². The molecular weight excluding hydrogens is 286 g/mol. The Morgan fingerprint density at radius 2 is 2.00 bits per heavy atom. The second-order valence-corrected chi connectivity index (χ2v) is 5.80. The van der Waals surface area contributed by atoms with E-state index in [4.69, 9.17) is 5.11 Å². The summed E-state index contributed by atoms with van der Waals surface area (Å²) in [5.74, 6) is -1.29. The molecule has 7 heteroatoms. The van der Waals surface area contributed by atoms with Crippen LogP contribution in [-0.2, 0) is 16.1 Å². The molecule has 2 rings (SSSR count). The number of carbonyl (C=O) groups is 3. The first-order valence-electron chi connectivity index (χ1n) is 7.38. The lowest BCUT2D eigenvalue weighted by Crippen LogP contribution is -2.42. The van der Waals surface area contributed by atoms with Gasteiger partial charge in [0.15, 0.2) is 5.78 Å². The molecule has 1 amide bonds. The van der Waals surface area contributed by atoms with Crippen LogP contribution in [0.15, 0.2) is 0 Å². The highest BCUT2D eigenvalue weighted by Crippen LogP contribution is 2.32. The lowest BCUT2D eigenvalue weighted by Gasteiger charge is -2.13. The number of amides is 1. The van der Waals surface area contributed by atoms with Gasteiger partial charge in [-0.1, -0.05) is 0 Å². The van der Waals surface area contributed by atoms with Crippen LogP contribution in [-0.4, -0.2) is 38.6 Å². The van der Waals surface area contributed by atoms with Crippen molar-refractivity contribution < 1.29 is 19.5 Å². The number of Topliss-reactive ketones (excluding diaryl/α,β-unsaturated/α-hetero) is 1. The zero-order valence-electron chi connectivity index (χ0n) is 13.0. The Bertz CT molecular complexity index is 617. The number of nitrogens with one attached hydrogen (secondary N) is 1. The molecule has 22 heavy (non-hydrogen) atoms. The number of hydrogen-bond donors (Lipinski definition) is 2. The summed E-state index contributed by atoms with van der Waals surface area (Å²) in [5, 5.41) is 15.9. The van der Waals surface area contributed by atoms with E-state index in [2.05, 4.69) is 10.4 Å². The molecule has 1 atom stereocenters.